The van der Waals surface area contributed by atoms with Crippen LogP contribution in [0.15, 0.2) is 36.4 Å². The number of carbonyl (C=O) groups is 1. The van der Waals surface area contributed by atoms with Gasteiger partial charge in [0.15, 0.2) is 6.61 Å². The van der Waals surface area contributed by atoms with Crippen LogP contribution in [0, 0.1) is 0 Å². The van der Waals surface area contributed by atoms with Gasteiger partial charge in [-0.15, -0.1) is 5.10 Å². The summed E-state index contributed by atoms with van der Waals surface area (Å²) < 4.78 is 10.6. The number of rotatable bonds is 7. The second kappa shape index (κ2) is 8.13. The molecule has 0 saturated carbocycles. The van der Waals surface area contributed by atoms with Gasteiger partial charge in [0, 0.05) is 10.6 Å². The van der Waals surface area contributed by atoms with Crippen molar-refractivity contribution in [2.45, 2.75) is 13.0 Å². The number of halogens is 1. The van der Waals surface area contributed by atoms with E-state index in [1.54, 1.807) is 44.6 Å². The predicted octanol–water partition coefficient (Wildman–Crippen LogP) is 2.41. The second-order valence-electron chi connectivity index (χ2n) is 5.77. The molecule has 1 unspecified atom stereocenters. The zero-order valence-electron chi connectivity index (χ0n) is 15.1. The number of hydrogen-bond donors (Lipinski definition) is 1. The van der Waals surface area contributed by atoms with Crippen LogP contribution in [0.4, 0.5) is 0 Å². The fourth-order valence-corrected chi connectivity index (χ4v) is 2.79. The van der Waals surface area contributed by atoms with E-state index < -0.39 is 0 Å². The van der Waals surface area contributed by atoms with E-state index in [4.69, 9.17) is 25.9 Å². The highest BCUT2D eigenvalue weighted by Gasteiger charge is 2.16. The van der Waals surface area contributed by atoms with Crippen LogP contribution in [-0.4, -0.2) is 41.9 Å². The summed E-state index contributed by atoms with van der Waals surface area (Å²) in [6.45, 7) is 1.61. The number of nitrogens with one attached hydrogen (secondary N) is 1. The Hall–Kier alpha value is -3.00. The van der Waals surface area contributed by atoms with Crippen LogP contribution in [0.3, 0.4) is 0 Å². The fraction of sp³-hybridized carbons (Fsp3) is 0.278. The number of amides is 1. The fourth-order valence-electron chi connectivity index (χ4n) is 2.63. The monoisotopic (exact) mass is 390 g/mol. The third-order valence-electron chi connectivity index (χ3n) is 3.98. The van der Waals surface area contributed by atoms with Crippen LogP contribution in [-0.2, 0) is 4.79 Å². The first kappa shape index (κ1) is 18.8. The van der Waals surface area contributed by atoms with Crippen LogP contribution < -0.4 is 19.6 Å². The highest BCUT2D eigenvalue weighted by atomic mass is 35.5. The number of fused-ring (bicyclic) bond motifs is 1. The third-order valence-corrected chi connectivity index (χ3v) is 4.21. The van der Waals surface area contributed by atoms with Crippen LogP contribution in [0.2, 0.25) is 5.02 Å². The normalized spacial score (nSPS) is 11.9. The second-order valence-corrected chi connectivity index (χ2v) is 6.20. The summed E-state index contributed by atoms with van der Waals surface area (Å²) in [5.74, 6) is 1.01. The lowest BCUT2D eigenvalue weighted by Gasteiger charge is -2.18. The largest absolute Gasteiger partial charge is 0.497 e. The molecular weight excluding hydrogens is 372 g/mol. The Kier molecular flexibility index (Phi) is 5.66. The maximum atomic E-state index is 12.3. The molecule has 0 saturated heterocycles. The molecule has 1 amide bonds. The van der Waals surface area contributed by atoms with Crippen LogP contribution in [0.1, 0.15) is 18.5 Å². The molecule has 1 atom stereocenters. The van der Waals surface area contributed by atoms with E-state index in [1.807, 2.05) is 13.0 Å². The maximum absolute atomic E-state index is 12.3. The maximum Gasteiger partial charge on any atom is 0.261 e. The molecule has 0 radical (unpaired) electrons. The standard InChI is InChI=1S/C18H19ClN4O4/c1-11(14-9-13(25-2)5-7-17(14)26-3)20-18(24)10-27-23-16-8-12(19)4-6-15(16)21-22-23/h4-9,11H,10H2,1-3H3,(H,20,24). The number of aromatic nitrogens is 3. The lowest BCUT2D eigenvalue weighted by atomic mass is 10.1. The lowest BCUT2D eigenvalue weighted by Crippen LogP contribution is -2.34. The van der Waals surface area contributed by atoms with Gasteiger partial charge in [-0.1, -0.05) is 16.4 Å². The zero-order valence-corrected chi connectivity index (χ0v) is 15.9. The molecule has 27 heavy (non-hydrogen) atoms. The molecule has 1 aromatic heterocycles. The first-order valence-corrected chi connectivity index (χ1v) is 8.55. The molecule has 0 aliphatic rings. The predicted molar refractivity (Wildman–Crippen MR) is 100 cm³/mol. The van der Waals surface area contributed by atoms with Crippen molar-refractivity contribution in [3.05, 3.63) is 47.0 Å². The van der Waals surface area contributed by atoms with E-state index in [2.05, 4.69) is 15.6 Å². The Morgan fingerprint density at radius 1 is 1.22 bits per heavy atom. The molecule has 0 aliphatic carbocycles. The van der Waals surface area contributed by atoms with Crippen LogP contribution >= 0.6 is 11.6 Å². The lowest BCUT2D eigenvalue weighted by molar-refractivity contribution is -0.127. The van der Waals surface area contributed by atoms with E-state index >= 15 is 0 Å². The number of hydrogen-bond acceptors (Lipinski definition) is 6. The Morgan fingerprint density at radius 3 is 2.78 bits per heavy atom. The summed E-state index contributed by atoms with van der Waals surface area (Å²) in [5, 5.41) is 11.2. The molecule has 9 heteroatoms. The van der Waals surface area contributed by atoms with Gasteiger partial charge >= 0.3 is 0 Å². The molecule has 3 aromatic rings. The smallest absolute Gasteiger partial charge is 0.261 e. The first-order valence-electron chi connectivity index (χ1n) is 8.17. The topological polar surface area (TPSA) is 87.5 Å². The molecule has 0 bridgehead atoms. The van der Waals surface area contributed by atoms with Crippen molar-refractivity contribution < 1.29 is 19.1 Å². The van der Waals surface area contributed by atoms with Gasteiger partial charge in [-0.3, -0.25) is 4.79 Å². The van der Waals surface area contributed by atoms with Gasteiger partial charge in [0.05, 0.1) is 20.3 Å². The van der Waals surface area contributed by atoms with Gasteiger partial charge in [-0.2, -0.15) is 0 Å². The Bertz CT molecular complexity index is 960. The summed E-state index contributed by atoms with van der Waals surface area (Å²) in [6, 6.07) is 10.2. The van der Waals surface area contributed by atoms with Crippen molar-refractivity contribution >= 4 is 28.5 Å². The number of benzene rings is 2. The van der Waals surface area contributed by atoms with E-state index in [9.17, 15) is 4.79 Å². The highest BCUT2D eigenvalue weighted by Crippen LogP contribution is 2.29. The van der Waals surface area contributed by atoms with Gasteiger partial charge in [-0.05, 0) is 48.5 Å². The van der Waals surface area contributed by atoms with Crippen molar-refractivity contribution in [1.82, 2.24) is 20.5 Å². The van der Waals surface area contributed by atoms with E-state index in [1.165, 1.54) is 4.85 Å². The number of methoxy groups -OCH3 is 2. The minimum absolute atomic E-state index is 0.235. The Morgan fingerprint density at radius 2 is 2.04 bits per heavy atom. The molecule has 142 valence electrons. The third kappa shape index (κ3) is 4.22. The van der Waals surface area contributed by atoms with Gasteiger partial charge < -0.3 is 19.6 Å². The van der Waals surface area contributed by atoms with Crippen molar-refractivity contribution in [1.29, 1.82) is 0 Å². The molecular formula is C18H19ClN4O4. The van der Waals surface area contributed by atoms with E-state index in [0.29, 0.717) is 27.6 Å². The zero-order chi connectivity index (χ0) is 19.4. The van der Waals surface area contributed by atoms with Gasteiger partial charge in [0.1, 0.15) is 22.5 Å². The van der Waals surface area contributed by atoms with Crippen LogP contribution in [0.25, 0.3) is 11.0 Å². The minimum atomic E-state index is -0.321. The number of ether oxygens (including phenoxy) is 2. The van der Waals surface area contributed by atoms with Crippen molar-refractivity contribution in [3.63, 3.8) is 0 Å². The van der Waals surface area contributed by atoms with Crippen molar-refractivity contribution in [2.24, 2.45) is 0 Å². The van der Waals surface area contributed by atoms with E-state index in [0.717, 1.165) is 5.56 Å². The molecule has 0 fully saturated rings. The van der Waals surface area contributed by atoms with Crippen molar-refractivity contribution in [3.8, 4) is 11.5 Å². The Balaban J connectivity index is 1.66. The number of carbonyl (C=O) groups excluding carboxylic acids is 1. The molecule has 0 aliphatic heterocycles. The molecule has 2 aromatic carbocycles. The summed E-state index contributed by atoms with van der Waals surface area (Å²) in [6.07, 6.45) is 0. The highest BCUT2D eigenvalue weighted by molar-refractivity contribution is 6.31. The molecule has 1 heterocycles. The van der Waals surface area contributed by atoms with Crippen molar-refractivity contribution in [2.75, 3.05) is 20.8 Å². The molecule has 1 N–H and O–H groups in total. The minimum Gasteiger partial charge on any atom is -0.497 e. The van der Waals surface area contributed by atoms with Gasteiger partial charge in [0.25, 0.3) is 5.91 Å². The average Bonchev–Trinajstić information content (AvgIpc) is 3.07. The SMILES string of the molecule is COc1ccc(OC)c(C(C)NC(=O)COn2nnc3ccc(Cl)cc32)c1. The molecule has 0 spiro atoms. The van der Waals surface area contributed by atoms with E-state index in [-0.39, 0.29) is 18.6 Å². The summed E-state index contributed by atoms with van der Waals surface area (Å²) in [4.78, 5) is 18.9. The van der Waals surface area contributed by atoms with Crippen LogP contribution in [0.5, 0.6) is 11.5 Å². The average molecular weight is 391 g/mol. The number of nitrogens with zero attached hydrogens (tertiary/aromatic N) is 3. The molecule has 3 rings (SSSR count). The summed E-state index contributed by atoms with van der Waals surface area (Å²) in [7, 11) is 3.15. The van der Waals surface area contributed by atoms with Gasteiger partial charge in [0.2, 0.25) is 0 Å². The first-order chi connectivity index (χ1) is 13.0. The molecule has 8 nitrogen and oxygen atoms in total. The van der Waals surface area contributed by atoms with Gasteiger partial charge in [-0.25, -0.2) is 0 Å². The Labute approximate surface area is 160 Å². The quantitative estimate of drug-likeness (QED) is 0.666. The summed E-state index contributed by atoms with van der Waals surface area (Å²) >= 11 is 5.97. The summed E-state index contributed by atoms with van der Waals surface area (Å²) in [5.41, 5.74) is 2.00.